The Bertz CT molecular complexity index is 1210. The predicted molar refractivity (Wildman–Crippen MR) is 125 cm³/mol. The molecule has 8 nitrogen and oxygen atoms in total. The third kappa shape index (κ3) is 4.42. The molecule has 9 heteroatoms. The lowest BCUT2D eigenvalue weighted by atomic mass is 9.77. The van der Waals surface area contributed by atoms with E-state index in [0.29, 0.717) is 18.5 Å². The highest BCUT2D eigenvalue weighted by Gasteiger charge is 2.43. The normalized spacial score (nSPS) is 20.5. The Balaban J connectivity index is 1.71. The number of hydrogen-bond donors (Lipinski definition) is 2. The van der Waals surface area contributed by atoms with Crippen LogP contribution in [0.3, 0.4) is 0 Å². The van der Waals surface area contributed by atoms with Crippen LogP contribution in [-0.4, -0.2) is 51.6 Å². The zero-order chi connectivity index (χ0) is 24.1. The molecule has 0 bridgehead atoms. The second-order valence-corrected chi connectivity index (χ2v) is 10.1. The van der Waals surface area contributed by atoms with Crippen LogP contribution in [0.2, 0.25) is 0 Å². The molecule has 0 saturated heterocycles. The number of aromatic nitrogens is 3. The topological polar surface area (TPSA) is 104 Å². The molecule has 0 aliphatic heterocycles. The van der Waals surface area contributed by atoms with Crippen LogP contribution in [0, 0.1) is 6.92 Å². The zero-order valence-electron chi connectivity index (χ0n) is 19.9. The summed E-state index contributed by atoms with van der Waals surface area (Å²) in [5.74, 6) is 0.228. The van der Waals surface area contributed by atoms with Crippen molar-refractivity contribution in [2.45, 2.75) is 64.5 Å². The summed E-state index contributed by atoms with van der Waals surface area (Å²) in [7, 11) is 1.76. The van der Waals surface area contributed by atoms with Gasteiger partial charge in [0.15, 0.2) is 0 Å². The van der Waals surface area contributed by atoms with Gasteiger partial charge < -0.3 is 19.7 Å². The minimum Gasteiger partial charge on any atom is -0.402 e. The van der Waals surface area contributed by atoms with Crippen molar-refractivity contribution in [1.82, 2.24) is 15.2 Å². The van der Waals surface area contributed by atoms with E-state index in [9.17, 15) is 14.3 Å². The van der Waals surface area contributed by atoms with Gasteiger partial charge in [-0.25, -0.2) is 9.37 Å². The third-order valence-electron chi connectivity index (χ3n) is 6.25. The number of aliphatic hydroxyl groups is 1. The van der Waals surface area contributed by atoms with Gasteiger partial charge in [-0.3, -0.25) is 4.79 Å². The van der Waals surface area contributed by atoms with E-state index < -0.39 is 12.3 Å². The maximum atomic E-state index is 12.8. The Morgan fingerprint density at radius 1 is 1.30 bits per heavy atom. The summed E-state index contributed by atoms with van der Waals surface area (Å²) in [5.41, 5.74) is 2.69. The SMILES string of the molecule is CC(=O)N(C)c1cc(C(C)(C)C)c2nc(-c3nnc(NC4CC(O)(CF)C4)o3)cc(C)c2c1. The molecule has 176 valence electrons. The average Bonchev–Trinajstić information content (AvgIpc) is 3.19. The number of amides is 1. The van der Waals surface area contributed by atoms with Gasteiger partial charge in [-0.1, -0.05) is 25.9 Å². The molecule has 0 unspecified atom stereocenters. The minimum absolute atomic E-state index is 0.0428. The summed E-state index contributed by atoms with van der Waals surface area (Å²) in [4.78, 5) is 18.5. The number of rotatable bonds is 5. The predicted octanol–water partition coefficient (Wildman–Crippen LogP) is 4.15. The summed E-state index contributed by atoms with van der Waals surface area (Å²) >= 11 is 0. The molecular weight excluding hydrogens is 425 g/mol. The minimum atomic E-state index is -1.25. The van der Waals surface area contributed by atoms with E-state index in [4.69, 9.17) is 9.40 Å². The first-order valence-corrected chi connectivity index (χ1v) is 11.0. The molecule has 0 radical (unpaired) electrons. The fraction of sp³-hybridized carbons (Fsp3) is 0.500. The van der Waals surface area contributed by atoms with Crippen molar-refractivity contribution in [3.05, 3.63) is 29.3 Å². The summed E-state index contributed by atoms with van der Waals surface area (Å²) in [6.45, 7) is 9.08. The van der Waals surface area contributed by atoms with E-state index in [1.54, 1.807) is 11.9 Å². The standard InChI is InChI=1S/C24H30FN5O3/c1-13-7-19(21-28-29-22(33-21)26-15-10-24(32,11-15)12-25)27-20-17(13)8-16(30(6)14(2)31)9-18(20)23(3,4)5/h7-9,15,32H,10-12H2,1-6H3,(H,26,29). The van der Waals surface area contributed by atoms with Crippen LogP contribution in [0.15, 0.2) is 22.6 Å². The monoisotopic (exact) mass is 455 g/mol. The number of halogens is 1. The quantitative estimate of drug-likeness (QED) is 0.596. The first kappa shape index (κ1) is 23.1. The van der Waals surface area contributed by atoms with Crippen LogP contribution < -0.4 is 10.2 Å². The Morgan fingerprint density at radius 3 is 2.61 bits per heavy atom. The highest BCUT2D eigenvalue weighted by Crippen LogP contribution is 2.37. The summed E-state index contributed by atoms with van der Waals surface area (Å²) in [6.07, 6.45) is 0.584. The van der Waals surface area contributed by atoms with Crippen molar-refractivity contribution in [2.75, 3.05) is 23.9 Å². The zero-order valence-corrected chi connectivity index (χ0v) is 19.9. The number of carbonyl (C=O) groups excluding carboxylic acids is 1. The Kier molecular flexibility index (Phi) is 5.64. The van der Waals surface area contributed by atoms with E-state index >= 15 is 0 Å². The molecule has 1 fully saturated rings. The van der Waals surface area contributed by atoms with E-state index in [2.05, 4.69) is 36.3 Å². The highest BCUT2D eigenvalue weighted by atomic mass is 19.1. The molecule has 1 aliphatic carbocycles. The Hall–Kier alpha value is -3.07. The number of nitrogens with one attached hydrogen (secondary N) is 1. The third-order valence-corrected chi connectivity index (χ3v) is 6.25. The largest absolute Gasteiger partial charge is 0.402 e. The van der Waals surface area contributed by atoms with Gasteiger partial charge in [-0.2, -0.15) is 0 Å². The van der Waals surface area contributed by atoms with Gasteiger partial charge in [0.1, 0.15) is 12.4 Å². The molecular formula is C24H30FN5O3. The molecule has 3 aromatic rings. The lowest BCUT2D eigenvalue weighted by molar-refractivity contribution is -0.116. The second-order valence-electron chi connectivity index (χ2n) is 10.1. The molecule has 33 heavy (non-hydrogen) atoms. The van der Waals surface area contributed by atoms with Crippen LogP contribution in [0.5, 0.6) is 0 Å². The number of aryl methyl sites for hydroxylation is 1. The Labute approximate surface area is 192 Å². The number of nitrogens with zero attached hydrogens (tertiary/aromatic N) is 4. The number of carbonyl (C=O) groups is 1. The van der Waals surface area contributed by atoms with Crippen molar-refractivity contribution in [2.24, 2.45) is 0 Å². The molecule has 2 aromatic heterocycles. The second kappa shape index (κ2) is 8.06. The van der Waals surface area contributed by atoms with E-state index in [-0.39, 0.29) is 29.3 Å². The van der Waals surface area contributed by atoms with Crippen molar-refractivity contribution < 1.29 is 18.7 Å². The van der Waals surface area contributed by atoms with Crippen LogP contribution in [-0.2, 0) is 10.2 Å². The lowest BCUT2D eigenvalue weighted by Crippen LogP contribution is -2.52. The van der Waals surface area contributed by atoms with Crippen LogP contribution in [0.1, 0.15) is 51.7 Å². The molecule has 1 aliphatic rings. The van der Waals surface area contributed by atoms with E-state index in [0.717, 1.165) is 27.7 Å². The van der Waals surface area contributed by atoms with Gasteiger partial charge >= 0.3 is 6.01 Å². The summed E-state index contributed by atoms with van der Waals surface area (Å²) in [5, 5.41) is 22.0. The first-order chi connectivity index (χ1) is 15.4. The van der Waals surface area contributed by atoms with Crippen molar-refractivity contribution in [3.8, 4) is 11.6 Å². The van der Waals surface area contributed by atoms with Crippen LogP contribution in [0.25, 0.3) is 22.5 Å². The van der Waals surface area contributed by atoms with E-state index in [1.165, 1.54) is 6.92 Å². The smallest absolute Gasteiger partial charge is 0.316 e. The van der Waals surface area contributed by atoms with Crippen LogP contribution in [0.4, 0.5) is 16.1 Å². The summed E-state index contributed by atoms with van der Waals surface area (Å²) < 4.78 is 18.6. The molecule has 0 spiro atoms. The number of anilines is 2. The lowest BCUT2D eigenvalue weighted by Gasteiger charge is -2.41. The van der Waals surface area contributed by atoms with Gasteiger partial charge in [0, 0.05) is 31.1 Å². The molecule has 1 saturated carbocycles. The van der Waals surface area contributed by atoms with Crippen molar-refractivity contribution in [3.63, 3.8) is 0 Å². The number of hydrogen-bond acceptors (Lipinski definition) is 7. The molecule has 0 atom stereocenters. The number of benzene rings is 1. The molecule has 1 amide bonds. The summed E-state index contributed by atoms with van der Waals surface area (Å²) in [6, 6.07) is 5.96. The maximum Gasteiger partial charge on any atom is 0.316 e. The number of pyridine rings is 1. The van der Waals surface area contributed by atoms with Gasteiger partial charge in [-0.05, 0) is 54.5 Å². The number of fused-ring (bicyclic) bond motifs is 1. The molecule has 1 aromatic carbocycles. The van der Waals surface area contributed by atoms with E-state index in [1.807, 2.05) is 25.1 Å². The molecule has 2 heterocycles. The maximum absolute atomic E-state index is 12.8. The molecule has 4 rings (SSSR count). The number of alkyl halides is 1. The van der Waals surface area contributed by atoms with Gasteiger partial charge in [0.05, 0.1) is 11.1 Å². The fourth-order valence-corrected chi connectivity index (χ4v) is 4.16. The van der Waals surface area contributed by atoms with Crippen molar-refractivity contribution in [1.29, 1.82) is 0 Å². The highest BCUT2D eigenvalue weighted by molar-refractivity contribution is 5.96. The average molecular weight is 456 g/mol. The first-order valence-electron chi connectivity index (χ1n) is 11.0. The van der Waals surface area contributed by atoms with Gasteiger partial charge in [0.2, 0.25) is 5.91 Å². The van der Waals surface area contributed by atoms with Crippen molar-refractivity contribution >= 4 is 28.5 Å². The van der Waals surface area contributed by atoms with Gasteiger partial charge in [0.25, 0.3) is 5.89 Å². The molecule has 2 N–H and O–H groups in total. The van der Waals surface area contributed by atoms with Crippen LogP contribution >= 0.6 is 0 Å². The fourth-order valence-electron chi connectivity index (χ4n) is 4.16. The Morgan fingerprint density at radius 2 is 2.00 bits per heavy atom. The van der Waals surface area contributed by atoms with Gasteiger partial charge in [-0.15, -0.1) is 5.10 Å².